The van der Waals surface area contributed by atoms with Crippen LogP contribution in [0.15, 0.2) is 87.8 Å². The second-order valence-electron chi connectivity index (χ2n) is 8.70. The maximum atomic E-state index is 13.8. The van der Waals surface area contributed by atoms with E-state index in [9.17, 15) is 9.59 Å². The Morgan fingerprint density at radius 2 is 1.75 bits per heavy atom. The number of allylic oxidation sites excluding steroid dienone is 1. The molecule has 7 heteroatoms. The summed E-state index contributed by atoms with van der Waals surface area (Å²) in [6, 6.07) is 21.2. The fourth-order valence-corrected chi connectivity index (χ4v) is 5.88. The smallest absolute Gasteiger partial charge is 0.338 e. The third-order valence-electron chi connectivity index (χ3n) is 6.54. The van der Waals surface area contributed by atoms with Crippen LogP contribution in [0.5, 0.6) is 0 Å². The van der Waals surface area contributed by atoms with Gasteiger partial charge in [0.25, 0.3) is 5.56 Å². The maximum absolute atomic E-state index is 13.8. The van der Waals surface area contributed by atoms with Crippen LogP contribution in [0, 0.1) is 13.8 Å². The molecule has 182 valence electrons. The van der Waals surface area contributed by atoms with Gasteiger partial charge in [0.2, 0.25) is 0 Å². The predicted molar refractivity (Wildman–Crippen MR) is 142 cm³/mol. The number of para-hydroxylation sites is 1. The lowest BCUT2D eigenvalue weighted by Gasteiger charge is -2.25. The molecule has 0 unspecified atom stereocenters. The monoisotopic (exact) mass is 497 g/mol. The minimum atomic E-state index is -0.594. The van der Waals surface area contributed by atoms with E-state index < -0.39 is 12.0 Å². The highest BCUT2D eigenvalue weighted by atomic mass is 32.1. The number of carbonyl (C=O) groups is 1. The number of fused-ring (bicyclic) bond motifs is 1. The average molecular weight is 498 g/mol. The summed E-state index contributed by atoms with van der Waals surface area (Å²) in [5, 5.41) is 0. The van der Waals surface area contributed by atoms with E-state index in [-0.39, 0.29) is 5.56 Å². The number of methoxy groups -OCH3 is 1. The minimum absolute atomic E-state index is 0.173. The number of carbonyl (C=O) groups excluding carboxylic acids is 1. The van der Waals surface area contributed by atoms with Crippen LogP contribution in [0.4, 0.5) is 0 Å². The Kier molecular flexibility index (Phi) is 6.33. The van der Waals surface area contributed by atoms with Crippen molar-refractivity contribution >= 4 is 23.4 Å². The molecule has 5 rings (SSSR count). The fourth-order valence-electron chi connectivity index (χ4n) is 4.86. The number of rotatable bonds is 5. The first-order valence-corrected chi connectivity index (χ1v) is 12.7. The first kappa shape index (κ1) is 23.8. The fraction of sp³-hybridized carbons (Fsp3) is 0.207. The number of nitrogens with zero attached hydrogens (tertiary/aromatic N) is 3. The molecule has 0 aliphatic carbocycles. The van der Waals surface area contributed by atoms with Crippen molar-refractivity contribution in [2.45, 2.75) is 33.2 Å². The summed E-state index contributed by atoms with van der Waals surface area (Å²) in [5.74, 6) is -0.467. The summed E-state index contributed by atoms with van der Waals surface area (Å²) in [7, 11) is 1.36. The van der Waals surface area contributed by atoms with E-state index in [4.69, 9.17) is 9.73 Å². The normalized spacial score (nSPS) is 15.6. The number of benzene rings is 2. The van der Waals surface area contributed by atoms with E-state index in [2.05, 4.69) is 36.6 Å². The van der Waals surface area contributed by atoms with Crippen molar-refractivity contribution in [2.75, 3.05) is 7.11 Å². The second-order valence-corrected chi connectivity index (χ2v) is 9.71. The average Bonchev–Trinajstić information content (AvgIpc) is 3.37. The van der Waals surface area contributed by atoms with Gasteiger partial charge < -0.3 is 9.30 Å². The van der Waals surface area contributed by atoms with E-state index in [0.29, 0.717) is 27.0 Å². The van der Waals surface area contributed by atoms with Crippen molar-refractivity contribution in [3.63, 3.8) is 0 Å². The lowest BCUT2D eigenvalue weighted by molar-refractivity contribution is -0.136. The van der Waals surface area contributed by atoms with Gasteiger partial charge in [-0.1, -0.05) is 66.8 Å². The van der Waals surface area contributed by atoms with Gasteiger partial charge in [-0.3, -0.25) is 9.36 Å². The third kappa shape index (κ3) is 3.95. The zero-order valence-corrected chi connectivity index (χ0v) is 21.5. The summed E-state index contributed by atoms with van der Waals surface area (Å²) in [6.45, 7) is 6.07. The van der Waals surface area contributed by atoms with Crippen LogP contribution in [0.25, 0.3) is 11.8 Å². The number of aryl methyl sites for hydroxylation is 1. The van der Waals surface area contributed by atoms with Gasteiger partial charge >= 0.3 is 5.97 Å². The molecule has 1 aliphatic heterocycles. The van der Waals surface area contributed by atoms with Crippen LogP contribution < -0.4 is 14.9 Å². The summed E-state index contributed by atoms with van der Waals surface area (Å²) >= 11 is 1.35. The van der Waals surface area contributed by atoms with Crippen LogP contribution in [-0.2, 0) is 9.53 Å². The number of esters is 1. The molecule has 0 saturated carbocycles. The van der Waals surface area contributed by atoms with Crippen molar-refractivity contribution in [2.24, 2.45) is 4.99 Å². The lowest BCUT2D eigenvalue weighted by atomic mass is 9.95. The van der Waals surface area contributed by atoms with Crippen molar-refractivity contribution in [1.82, 2.24) is 9.13 Å². The first-order chi connectivity index (χ1) is 17.4. The van der Waals surface area contributed by atoms with Crippen molar-refractivity contribution in [3.8, 4) is 5.69 Å². The number of aromatic nitrogens is 2. The Balaban J connectivity index is 1.73. The van der Waals surface area contributed by atoms with Crippen LogP contribution >= 0.6 is 11.3 Å². The summed E-state index contributed by atoms with van der Waals surface area (Å²) in [4.78, 5) is 32.0. The van der Waals surface area contributed by atoms with E-state index in [1.54, 1.807) is 4.57 Å². The summed E-state index contributed by atoms with van der Waals surface area (Å²) in [5.41, 5.74) is 5.91. The Morgan fingerprint density at radius 1 is 1.08 bits per heavy atom. The first-order valence-electron chi connectivity index (χ1n) is 11.9. The number of ether oxygens (including phenoxy) is 1. The number of thiazole rings is 1. The van der Waals surface area contributed by atoms with E-state index in [1.165, 1.54) is 18.4 Å². The lowest BCUT2D eigenvalue weighted by Crippen LogP contribution is -2.40. The minimum Gasteiger partial charge on any atom is -0.466 e. The van der Waals surface area contributed by atoms with E-state index in [1.807, 2.05) is 61.5 Å². The molecule has 1 atom stereocenters. The molecule has 0 spiro atoms. The molecule has 3 heterocycles. The standard InChI is InChI=1S/C29H27N3O3S/c1-5-23-25(28(34)35-4)26(20-12-8-6-9-13-20)32-27(33)24(36-29(32)30-23)17-21-16-18(2)31(19(21)3)22-14-10-7-11-15-22/h6-17,26H,5H2,1-4H3/b24-17+/t26-/m1/s1. The molecular formula is C29H27N3O3S. The molecule has 0 bridgehead atoms. The zero-order valence-electron chi connectivity index (χ0n) is 20.7. The molecular weight excluding hydrogens is 470 g/mol. The third-order valence-corrected chi connectivity index (χ3v) is 7.52. The highest BCUT2D eigenvalue weighted by Crippen LogP contribution is 2.31. The van der Waals surface area contributed by atoms with Crippen molar-refractivity contribution < 1.29 is 9.53 Å². The predicted octanol–water partition coefficient (Wildman–Crippen LogP) is 4.21. The molecule has 36 heavy (non-hydrogen) atoms. The van der Waals surface area contributed by atoms with E-state index >= 15 is 0 Å². The second kappa shape index (κ2) is 9.59. The zero-order chi connectivity index (χ0) is 25.4. The Bertz CT molecular complexity index is 1660. The van der Waals surface area contributed by atoms with Gasteiger partial charge in [0.1, 0.15) is 0 Å². The summed E-state index contributed by atoms with van der Waals surface area (Å²) in [6.07, 6.45) is 2.48. The highest BCUT2D eigenvalue weighted by molar-refractivity contribution is 7.07. The van der Waals surface area contributed by atoms with Gasteiger partial charge in [0, 0.05) is 17.1 Å². The van der Waals surface area contributed by atoms with Gasteiger partial charge in [-0.2, -0.15) is 0 Å². The number of hydrogen-bond acceptors (Lipinski definition) is 5. The molecule has 2 aromatic heterocycles. The molecule has 1 aliphatic rings. The maximum Gasteiger partial charge on any atom is 0.338 e. The molecule has 0 amide bonds. The molecule has 0 fully saturated rings. The quantitative estimate of drug-likeness (QED) is 0.388. The molecule has 0 radical (unpaired) electrons. The van der Waals surface area contributed by atoms with Gasteiger partial charge in [-0.05, 0) is 55.7 Å². The van der Waals surface area contributed by atoms with Gasteiger partial charge in [-0.25, -0.2) is 9.79 Å². The van der Waals surface area contributed by atoms with Crippen molar-refractivity contribution in [3.05, 3.63) is 120 Å². The molecule has 0 saturated heterocycles. The van der Waals surface area contributed by atoms with Crippen molar-refractivity contribution in [1.29, 1.82) is 0 Å². The highest BCUT2D eigenvalue weighted by Gasteiger charge is 2.33. The molecule has 4 aromatic rings. The molecule has 2 aromatic carbocycles. The Labute approximate surface area is 213 Å². The largest absolute Gasteiger partial charge is 0.466 e. The van der Waals surface area contributed by atoms with E-state index in [0.717, 1.165) is 28.2 Å². The Hall–Kier alpha value is -3.97. The molecule has 0 N–H and O–H groups in total. The van der Waals surface area contributed by atoms with Gasteiger partial charge in [0.05, 0.1) is 29.0 Å². The topological polar surface area (TPSA) is 65.6 Å². The number of hydrogen-bond donors (Lipinski definition) is 0. The molecule has 6 nitrogen and oxygen atoms in total. The van der Waals surface area contributed by atoms with Gasteiger partial charge in [0.15, 0.2) is 4.80 Å². The van der Waals surface area contributed by atoms with Gasteiger partial charge in [-0.15, -0.1) is 0 Å². The SMILES string of the molecule is CCC1=C(C(=O)OC)[C@@H](c2ccccc2)n2c(s/c(=C/c3cc(C)n(-c4ccccc4)c3C)c2=O)=N1. The van der Waals surface area contributed by atoms with Crippen LogP contribution in [0.1, 0.15) is 41.9 Å². The van der Waals surface area contributed by atoms with Crippen LogP contribution in [0.2, 0.25) is 0 Å². The summed E-state index contributed by atoms with van der Waals surface area (Å²) < 4.78 is 9.51. The Morgan fingerprint density at radius 3 is 2.39 bits per heavy atom. The van der Waals surface area contributed by atoms with Crippen LogP contribution in [-0.4, -0.2) is 22.2 Å². The van der Waals surface area contributed by atoms with Crippen LogP contribution in [0.3, 0.4) is 0 Å².